The van der Waals surface area contributed by atoms with Crippen LogP contribution in [0.25, 0.3) is 10.9 Å². The number of benzene rings is 2. The van der Waals surface area contributed by atoms with Crippen LogP contribution in [0.2, 0.25) is 0 Å². The van der Waals surface area contributed by atoms with Gasteiger partial charge in [-0.3, -0.25) is 4.79 Å². The third kappa shape index (κ3) is 4.46. The molecule has 1 heterocycles. The van der Waals surface area contributed by atoms with Crippen LogP contribution >= 0.6 is 0 Å². The Morgan fingerprint density at radius 2 is 1.92 bits per heavy atom. The van der Waals surface area contributed by atoms with E-state index in [1.54, 1.807) is 0 Å². The number of nitrogens with zero attached hydrogens (tertiary/aromatic N) is 2. The van der Waals surface area contributed by atoms with E-state index in [-0.39, 0.29) is 18.0 Å². The minimum atomic E-state index is -0.772. The fourth-order valence-electron chi connectivity index (χ4n) is 2.82. The summed E-state index contributed by atoms with van der Waals surface area (Å²) in [5.74, 6) is -1.74. The molecular weight excluding hydrogens is 336 g/mol. The minimum Gasteiger partial charge on any atom is -0.346 e. The SMILES string of the molecule is CN(CCC(=O)Nc1ccc(F)cc1F)CCn1ccc2ccccc21. The molecule has 1 amide bonds. The number of carbonyl (C=O) groups excluding carboxylic acids is 1. The van der Waals surface area contributed by atoms with Crippen LogP contribution in [0.4, 0.5) is 14.5 Å². The molecule has 6 heteroatoms. The van der Waals surface area contributed by atoms with E-state index in [2.05, 4.69) is 39.2 Å². The van der Waals surface area contributed by atoms with Gasteiger partial charge in [0.15, 0.2) is 0 Å². The van der Waals surface area contributed by atoms with Crippen LogP contribution in [0, 0.1) is 11.6 Å². The molecule has 1 aromatic heterocycles. The van der Waals surface area contributed by atoms with Crippen LogP contribution in [-0.2, 0) is 11.3 Å². The average molecular weight is 357 g/mol. The number of anilines is 1. The summed E-state index contributed by atoms with van der Waals surface area (Å²) in [4.78, 5) is 14.0. The number of rotatable bonds is 7. The van der Waals surface area contributed by atoms with E-state index in [1.807, 2.05) is 19.2 Å². The molecule has 26 heavy (non-hydrogen) atoms. The smallest absolute Gasteiger partial charge is 0.225 e. The summed E-state index contributed by atoms with van der Waals surface area (Å²) < 4.78 is 28.6. The van der Waals surface area contributed by atoms with E-state index in [9.17, 15) is 13.6 Å². The molecule has 3 rings (SSSR count). The Kier molecular flexibility index (Phi) is 5.63. The van der Waals surface area contributed by atoms with Crippen molar-refractivity contribution in [1.82, 2.24) is 9.47 Å². The van der Waals surface area contributed by atoms with E-state index in [4.69, 9.17) is 0 Å². The monoisotopic (exact) mass is 357 g/mol. The highest BCUT2D eigenvalue weighted by molar-refractivity contribution is 5.90. The number of likely N-dealkylation sites (N-methyl/N-ethyl adjacent to an activating group) is 1. The molecule has 0 radical (unpaired) electrons. The summed E-state index contributed by atoms with van der Waals surface area (Å²) in [6.45, 7) is 2.16. The number of amides is 1. The number of nitrogens with one attached hydrogen (secondary N) is 1. The van der Waals surface area contributed by atoms with Crippen molar-refractivity contribution in [3.8, 4) is 0 Å². The minimum absolute atomic E-state index is 0.00198. The maximum atomic E-state index is 13.5. The summed E-state index contributed by atoms with van der Waals surface area (Å²) in [5, 5.41) is 3.68. The van der Waals surface area contributed by atoms with Crippen LogP contribution in [0.3, 0.4) is 0 Å². The number of fused-ring (bicyclic) bond motifs is 1. The molecule has 0 spiro atoms. The van der Waals surface area contributed by atoms with E-state index in [0.29, 0.717) is 6.54 Å². The lowest BCUT2D eigenvalue weighted by Gasteiger charge is -2.17. The summed E-state index contributed by atoms with van der Waals surface area (Å²) >= 11 is 0. The van der Waals surface area contributed by atoms with E-state index >= 15 is 0 Å². The normalized spacial score (nSPS) is 11.2. The molecule has 0 unspecified atom stereocenters. The first kappa shape index (κ1) is 18.1. The Bertz CT molecular complexity index is 907. The van der Waals surface area contributed by atoms with Crippen LogP contribution in [-0.4, -0.2) is 35.5 Å². The maximum absolute atomic E-state index is 13.5. The molecule has 2 aromatic carbocycles. The summed E-state index contributed by atoms with van der Waals surface area (Å²) in [6.07, 6.45) is 2.29. The number of aromatic nitrogens is 1. The van der Waals surface area contributed by atoms with Gasteiger partial charge in [0.2, 0.25) is 5.91 Å². The molecule has 3 aromatic rings. The topological polar surface area (TPSA) is 37.3 Å². The van der Waals surface area contributed by atoms with Gasteiger partial charge in [-0.15, -0.1) is 0 Å². The molecule has 1 N–H and O–H groups in total. The zero-order valence-corrected chi connectivity index (χ0v) is 14.6. The van der Waals surface area contributed by atoms with Crippen molar-refractivity contribution >= 4 is 22.5 Å². The fourth-order valence-corrected chi connectivity index (χ4v) is 2.82. The van der Waals surface area contributed by atoms with E-state index in [0.717, 1.165) is 25.2 Å². The maximum Gasteiger partial charge on any atom is 0.225 e. The van der Waals surface area contributed by atoms with Crippen LogP contribution in [0.5, 0.6) is 0 Å². The molecule has 0 aliphatic rings. The second-order valence-corrected chi connectivity index (χ2v) is 6.29. The van der Waals surface area contributed by atoms with Gasteiger partial charge < -0.3 is 14.8 Å². The summed E-state index contributed by atoms with van der Waals surface area (Å²) in [7, 11) is 1.94. The lowest BCUT2D eigenvalue weighted by molar-refractivity contribution is -0.116. The lowest BCUT2D eigenvalue weighted by Crippen LogP contribution is -2.27. The average Bonchev–Trinajstić information content (AvgIpc) is 3.04. The van der Waals surface area contributed by atoms with E-state index < -0.39 is 11.6 Å². The van der Waals surface area contributed by atoms with Gasteiger partial charge in [0.25, 0.3) is 0 Å². The quantitative estimate of drug-likeness (QED) is 0.697. The number of para-hydroxylation sites is 1. The molecule has 0 saturated heterocycles. The predicted octanol–water partition coefficient (Wildman–Crippen LogP) is 3.88. The van der Waals surface area contributed by atoms with Gasteiger partial charge in [-0.05, 0) is 36.7 Å². The van der Waals surface area contributed by atoms with Crippen LogP contribution in [0.15, 0.2) is 54.7 Å². The van der Waals surface area contributed by atoms with Crippen LogP contribution in [0.1, 0.15) is 6.42 Å². The third-order valence-electron chi connectivity index (χ3n) is 4.33. The number of carbonyl (C=O) groups is 1. The van der Waals surface area contributed by atoms with Gasteiger partial charge in [-0.2, -0.15) is 0 Å². The van der Waals surface area contributed by atoms with Gasteiger partial charge >= 0.3 is 0 Å². The fraction of sp³-hybridized carbons (Fsp3) is 0.250. The van der Waals surface area contributed by atoms with Crippen molar-refractivity contribution in [3.05, 3.63) is 66.4 Å². The standard InChI is InChI=1S/C20H21F2N3O/c1-24(12-13-25-11-8-15-4-2-3-5-19(15)25)10-9-20(26)23-18-7-6-16(21)14-17(18)22/h2-8,11,14H,9-10,12-13H2,1H3,(H,23,26). The van der Waals surface area contributed by atoms with Gasteiger partial charge in [-0.25, -0.2) is 8.78 Å². The molecule has 0 fully saturated rings. The summed E-state index contributed by atoms with van der Waals surface area (Å²) in [5.41, 5.74) is 1.18. The highest BCUT2D eigenvalue weighted by Crippen LogP contribution is 2.16. The van der Waals surface area contributed by atoms with Crippen molar-refractivity contribution in [2.45, 2.75) is 13.0 Å². The molecule has 0 bridgehead atoms. The Morgan fingerprint density at radius 3 is 2.73 bits per heavy atom. The number of hydrogen-bond acceptors (Lipinski definition) is 2. The van der Waals surface area contributed by atoms with Gasteiger partial charge in [0.1, 0.15) is 11.6 Å². The predicted molar refractivity (Wildman–Crippen MR) is 99.0 cm³/mol. The van der Waals surface area contributed by atoms with E-state index in [1.165, 1.54) is 17.0 Å². The largest absolute Gasteiger partial charge is 0.346 e. The Balaban J connectivity index is 1.46. The van der Waals surface area contributed by atoms with Crippen molar-refractivity contribution < 1.29 is 13.6 Å². The van der Waals surface area contributed by atoms with Gasteiger partial charge in [0, 0.05) is 43.8 Å². The first-order valence-electron chi connectivity index (χ1n) is 8.50. The van der Waals surface area contributed by atoms with Crippen molar-refractivity contribution in [1.29, 1.82) is 0 Å². The van der Waals surface area contributed by atoms with Gasteiger partial charge in [-0.1, -0.05) is 18.2 Å². The molecule has 0 atom stereocenters. The van der Waals surface area contributed by atoms with Crippen molar-refractivity contribution in [2.24, 2.45) is 0 Å². The second-order valence-electron chi connectivity index (χ2n) is 6.29. The molecule has 0 aliphatic heterocycles. The van der Waals surface area contributed by atoms with Crippen molar-refractivity contribution in [3.63, 3.8) is 0 Å². The molecule has 4 nitrogen and oxygen atoms in total. The highest BCUT2D eigenvalue weighted by Gasteiger charge is 2.09. The Labute approximate surface area is 151 Å². The first-order valence-corrected chi connectivity index (χ1v) is 8.50. The van der Waals surface area contributed by atoms with Crippen molar-refractivity contribution in [2.75, 3.05) is 25.5 Å². The third-order valence-corrected chi connectivity index (χ3v) is 4.33. The molecule has 0 aliphatic carbocycles. The molecule has 136 valence electrons. The zero-order valence-electron chi connectivity index (χ0n) is 14.6. The molecular formula is C20H21F2N3O. The zero-order chi connectivity index (χ0) is 18.5. The summed E-state index contributed by atoms with van der Waals surface area (Å²) in [6, 6.07) is 13.4. The number of hydrogen-bond donors (Lipinski definition) is 1. The number of halogens is 2. The Hall–Kier alpha value is -2.73. The first-order chi connectivity index (χ1) is 12.5. The highest BCUT2D eigenvalue weighted by atomic mass is 19.1. The Morgan fingerprint density at radius 1 is 1.12 bits per heavy atom. The van der Waals surface area contributed by atoms with Gasteiger partial charge in [0.05, 0.1) is 5.69 Å². The van der Waals surface area contributed by atoms with Crippen LogP contribution < -0.4 is 5.32 Å². The lowest BCUT2D eigenvalue weighted by atomic mass is 10.2. The molecule has 0 saturated carbocycles. The second kappa shape index (κ2) is 8.10.